The molecule has 1 aromatic rings. The molecule has 8 heteroatoms. The summed E-state index contributed by atoms with van der Waals surface area (Å²) >= 11 is 0. The Hall–Kier alpha value is -1.50. The summed E-state index contributed by atoms with van der Waals surface area (Å²) in [5.41, 5.74) is 1.04. The van der Waals surface area contributed by atoms with Crippen LogP contribution in [-0.2, 0) is 21.9 Å². The molecule has 0 radical (unpaired) electrons. The quantitative estimate of drug-likeness (QED) is 0.618. The third kappa shape index (κ3) is 2.66. The Labute approximate surface area is 124 Å². The second kappa shape index (κ2) is 5.71. The standard InChI is InChI=1S/C13H20N4O3S/c1-9-6-5-7-17(13(9)14-8-18)21(19,20)12-10(2)15-16(4)11(12)3/h9,13H,5-7H2,1-4H3. The average Bonchev–Trinajstić information content (AvgIpc) is 2.66. The lowest BCUT2D eigenvalue weighted by molar-refractivity contribution is 0.193. The molecule has 2 atom stereocenters. The molecule has 2 heterocycles. The van der Waals surface area contributed by atoms with E-state index in [4.69, 9.17) is 0 Å². The van der Waals surface area contributed by atoms with Gasteiger partial charge in [0.15, 0.2) is 0 Å². The third-order valence-electron chi connectivity index (χ3n) is 4.04. The van der Waals surface area contributed by atoms with Crippen LogP contribution in [0.5, 0.6) is 0 Å². The van der Waals surface area contributed by atoms with Gasteiger partial charge >= 0.3 is 0 Å². The zero-order valence-corrected chi connectivity index (χ0v) is 13.5. The van der Waals surface area contributed by atoms with Gasteiger partial charge in [0, 0.05) is 13.6 Å². The van der Waals surface area contributed by atoms with Crippen molar-refractivity contribution in [2.24, 2.45) is 18.0 Å². The lowest BCUT2D eigenvalue weighted by atomic mass is 9.98. The lowest BCUT2D eigenvalue weighted by Crippen LogP contribution is -2.46. The van der Waals surface area contributed by atoms with Crippen LogP contribution in [-0.4, -0.2) is 41.3 Å². The number of hydrogen-bond donors (Lipinski definition) is 0. The summed E-state index contributed by atoms with van der Waals surface area (Å²) in [5.74, 6) is -0.00717. The van der Waals surface area contributed by atoms with Crippen LogP contribution in [0.2, 0.25) is 0 Å². The van der Waals surface area contributed by atoms with E-state index in [2.05, 4.69) is 10.1 Å². The van der Waals surface area contributed by atoms with Gasteiger partial charge in [-0.05, 0) is 32.6 Å². The van der Waals surface area contributed by atoms with Crippen molar-refractivity contribution in [1.29, 1.82) is 0 Å². The Morgan fingerprint density at radius 3 is 2.57 bits per heavy atom. The number of aliphatic imine (C=N–C) groups is 1. The monoisotopic (exact) mass is 312 g/mol. The number of sulfonamides is 1. The molecule has 1 fully saturated rings. The van der Waals surface area contributed by atoms with Crippen molar-refractivity contribution in [1.82, 2.24) is 14.1 Å². The molecule has 0 amide bonds. The van der Waals surface area contributed by atoms with Gasteiger partial charge in [-0.2, -0.15) is 14.4 Å². The molecule has 21 heavy (non-hydrogen) atoms. The largest absolute Gasteiger partial charge is 0.271 e. The minimum absolute atomic E-state index is 0.00717. The minimum atomic E-state index is -3.73. The molecule has 1 saturated heterocycles. The highest BCUT2D eigenvalue weighted by molar-refractivity contribution is 7.89. The van der Waals surface area contributed by atoms with Gasteiger partial charge in [0.25, 0.3) is 0 Å². The molecule has 0 aromatic carbocycles. The Balaban J connectivity index is 2.53. The van der Waals surface area contributed by atoms with E-state index in [0.29, 0.717) is 17.9 Å². The van der Waals surface area contributed by atoms with E-state index in [1.807, 2.05) is 6.92 Å². The first-order valence-corrected chi connectivity index (χ1v) is 8.33. The molecule has 0 aliphatic carbocycles. The molecule has 1 aliphatic rings. The Bertz CT molecular complexity index is 689. The van der Waals surface area contributed by atoms with Gasteiger partial charge in [-0.25, -0.2) is 13.2 Å². The first-order chi connectivity index (χ1) is 9.80. The Morgan fingerprint density at radius 1 is 1.38 bits per heavy atom. The van der Waals surface area contributed by atoms with E-state index >= 15 is 0 Å². The van der Waals surface area contributed by atoms with Crippen molar-refractivity contribution < 1.29 is 13.2 Å². The normalized spacial score (nSPS) is 23.8. The van der Waals surface area contributed by atoms with Crippen LogP contribution >= 0.6 is 0 Å². The van der Waals surface area contributed by atoms with Gasteiger partial charge in [0.2, 0.25) is 16.1 Å². The highest BCUT2D eigenvalue weighted by atomic mass is 32.2. The molecule has 0 spiro atoms. The molecule has 116 valence electrons. The van der Waals surface area contributed by atoms with Crippen LogP contribution in [0.1, 0.15) is 31.2 Å². The van der Waals surface area contributed by atoms with Gasteiger partial charge < -0.3 is 0 Å². The Kier molecular flexibility index (Phi) is 4.32. The number of aryl methyl sites for hydroxylation is 2. The number of rotatable bonds is 3. The second-order valence-corrected chi connectivity index (χ2v) is 7.32. The Morgan fingerprint density at radius 2 is 2.05 bits per heavy atom. The SMILES string of the molecule is Cc1nn(C)c(C)c1S(=O)(=O)N1CCCC(C)C1N=C=O. The van der Waals surface area contributed by atoms with Crippen molar-refractivity contribution in [2.45, 2.75) is 44.7 Å². The van der Waals surface area contributed by atoms with Crippen molar-refractivity contribution in [3.05, 3.63) is 11.4 Å². The fourth-order valence-electron chi connectivity index (χ4n) is 2.89. The van der Waals surface area contributed by atoms with Crippen LogP contribution in [0, 0.1) is 19.8 Å². The zero-order valence-electron chi connectivity index (χ0n) is 12.7. The second-order valence-electron chi connectivity index (χ2n) is 5.49. The molecular weight excluding hydrogens is 292 g/mol. The average molecular weight is 312 g/mol. The number of carbonyl (C=O) groups excluding carboxylic acids is 1. The predicted octanol–water partition coefficient (Wildman–Crippen LogP) is 1.12. The van der Waals surface area contributed by atoms with Gasteiger partial charge in [-0.3, -0.25) is 4.68 Å². The molecule has 0 saturated carbocycles. The van der Waals surface area contributed by atoms with Gasteiger partial charge in [-0.1, -0.05) is 6.92 Å². The van der Waals surface area contributed by atoms with E-state index in [1.165, 1.54) is 10.4 Å². The molecule has 1 aliphatic heterocycles. The number of hydrogen-bond acceptors (Lipinski definition) is 5. The molecule has 7 nitrogen and oxygen atoms in total. The van der Waals surface area contributed by atoms with E-state index < -0.39 is 16.2 Å². The van der Waals surface area contributed by atoms with Crippen molar-refractivity contribution in [2.75, 3.05) is 6.54 Å². The third-order valence-corrected chi connectivity index (χ3v) is 6.16. The topological polar surface area (TPSA) is 84.6 Å². The number of aromatic nitrogens is 2. The van der Waals surface area contributed by atoms with Crippen LogP contribution in [0.25, 0.3) is 0 Å². The van der Waals surface area contributed by atoms with E-state index in [1.54, 1.807) is 25.6 Å². The van der Waals surface area contributed by atoms with Crippen LogP contribution in [0.3, 0.4) is 0 Å². The van der Waals surface area contributed by atoms with Crippen molar-refractivity contribution in [3.8, 4) is 0 Å². The highest BCUT2D eigenvalue weighted by Crippen LogP contribution is 2.31. The lowest BCUT2D eigenvalue weighted by Gasteiger charge is -2.35. The van der Waals surface area contributed by atoms with Gasteiger partial charge in [0.05, 0.1) is 11.4 Å². The van der Waals surface area contributed by atoms with E-state index in [-0.39, 0.29) is 10.8 Å². The molecule has 2 unspecified atom stereocenters. The first-order valence-electron chi connectivity index (χ1n) is 6.89. The van der Waals surface area contributed by atoms with Crippen LogP contribution in [0.15, 0.2) is 9.89 Å². The maximum absolute atomic E-state index is 13.0. The first kappa shape index (κ1) is 15.9. The van der Waals surface area contributed by atoms with Crippen LogP contribution < -0.4 is 0 Å². The summed E-state index contributed by atoms with van der Waals surface area (Å²) in [6.45, 7) is 5.65. The zero-order chi connectivity index (χ0) is 15.8. The molecule has 2 rings (SSSR count). The number of isocyanates is 1. The van der Waals surface area contributed by atoms with Crippen molar-refractivity contribution in [3.63, 3.8) is 0 Å². The van der Waals surface area contributed by atoms with E-state index in [0.717, 1.165) is 12.8 Å². The summed E-state index contributed by atoms with van der Waals surface area (Å²) in [7, 11) is -2.02. The summed E-state index contributed by atoms with van der Waals surface area (Å²) in [5, 5.41) is 4.16. The summed E-state index contributed by atoms with van der Waals surface area (Å²) in [6.07, 6.45) is 2.42. The minimum Gasteiger partial charge on any atom is -0.271 e. The summed E-state index contributed by atoms with van der Waals surface area (Å²) < 4.78 is 28.8. The maximum Gasteiger partial charge on any atom is 0.248 e. The number of piperidine rings is 1. The molecular formula is C13H20N4O3S. The molecule has 0 N–H and O–H groups in total. The van der Waals surface area contributed by atoms with Gasteiger partial charge in [-0.15, -0.1) is 0 Å². The smallest absolute Gasteiger partial charge is 0.248 e. The fourth-order valence-corrected chi connectivity index (χ4v) is 4.95. The van der Waals surface area contributed by atoms with E-state index in [9.17, 15) is 13.2 Å². The summed E-state index contributed by atoms with van der Waals surface area (Å²) in [4.78, 5) is 14.6. The highest BCUT2D eigenvalue weighted by Gasteiger charge is 2.39. The molecule has 0 bridgehead atoms. The van der Waals surface area contributed by atoms with Crippen molar-refractivity contribution >= 4 is 16.1 Å². The predicted molar refractivity (Wildman–Crippen MR) is 76.9 cm³/mol. The van der Waals surface area contributed by atoms with Crippen LogP contribution in [0.4, 0.5) is 0 Å². The van der Waals surface area contributed by atoms with Gasteiger partial charge in [0.1, 0.15) is 11.1 Å². The summed E-state index contributed by atoms with van der Waals surface area (Å²) in [6, 6.07) is 0. The maximum atomic E-state index is 13.0. The number of nitrogens with zero attached hydrogens (tertiary/aromatic N) is 4. The molecule has 1 aromatic heterocycles. The fraction of sp³-hybridized carbons (Fsp3) is 0.692.